The minimum Gasteiger partial charge on any atom is -0.384 e. The van der Waals surface area contributed by atoms with E-state index in [4.69, 9.17) is 0 Å². The number of carbonyl (C=O) groups excluding carboxylic acids is 1. The standard InChI is InChI=1S/C17H23NO3S/c1-13(19)15-8-9-17(22(2,20)21)16(12-15)18-11-10-14-6-4-3-5-7-14/h6,8-9,12,18H,3-5,7,10-11H2,1-2H3. The van der Waals surface area contributed by atoms with Gasteiger partial charge in [0.1, 0.15) is 0 Å². The second kappa shape index (κ2) is 7.09. The van der Waals surface area contributed by atoms with Crippen LogP contribution in [0.15, 0.2) is 34.7 Å². The van der Waals surface area contributed by atoms with Gasteiger partial charge >= 0.3 is 0 Å². The lowest BCUT2D eigenvalue weighted by Gasteiger charge is -2.15. The van der Waals surface area contributed by atoms with E-state index in [1.54, 1.807) is 12.1 Å². The smallest absolute Gasteiger partial charge is 0.177 e. The Bertz CT molecular complexity index is 690. The number of rotatable bonds is 6. The fourth-order valence-corrected chi connectivity index (χ4v) is 3.55. The molecule has 0 spiro atoms. The fraction of sp³-hybridized carbons (Fsp3) is 0.471. The summed E-state index contributed by atoms with van der Waals surface area (Å²) in [5.74, 6) is -0.0712. The van der Waals surface area contributed by atoms with Crippen LogP contribution in [-0.4, -0.2) is 27.0 Å². The molecule has 0 heterocycles. The Morgan fingerprint density at radius 3 is 2.64 bits per heavy atom. The molecule has 1 N–H and O–H groups in total. The normalized spacial score (nSPS) is 15.3. The monoisotopic (exact) mass is 321 g/mol. The predicted octanol–water partition coefficient (Wildman–Crippen LogP) is 3.60. The van der Waals surface area contributed by atoms with Crippen LogP contribution in [0.2, 0.25) is 0 Å². The van der Waals surface area contributed by atoms with Gasteiger partial charge in [-0.25, -0.2) is 8.42 Å². The van der Waals surface area contributed by atoms with Crippen LogP contribution in [0.4, 0.5) is 5.69 Å². The summed E-state index contributed by atoms with van der Waals surface area (Å²) >= 11 is 0. The lowest BCUT2D eigenvalue weighted by Crippen LogP contribution is -2.10. The fourth-order valence-electron chi connectivity index (χ4n) is 2.70. The Balaban J connectivity index is 2.14. The lowest BCUT2D eigenvalue weighted by molar-refractivity contribution is 0.101. The van der Waals surface area contributed by atoms with E-state index in [2.05, 4.69) is 11.4 Å². The zero-order valence-corrected chi connectivity index (χ0v) is 14.0. The number of allylic oxidation sites excluding steroid dienone is 1. The average molecular weight is 321 g/mol. The number of anilines is 1. The van der Waals surface area contributed by atoms with E-state index in [0.29, 0.717) is 17.8 Å². The minimum atomic E-state index is -3.32. The van der Waals surface area contributed by atoms with Crippen molar-refractivity contribution in [2.45, 2.75) is 43.9 Å². The van der Waals surface area contributed by atoms with E-state index < -0.39 is 9.84 Å². The number of carbonyl (C=O) groups is 1. The zero-order valence-electron chi connectivity index (χ0n) is 13.2. The summed E-state index contributed by atoms with van der Waals surface area (Å²) in [5.41, 5.74) is 2.47. The van der Waals surface area contributed by atoms with Gasteiger partial charge in [0.05, 0.1) is 10.6 Å². The summed E-state index contributed by atoms with van der Waals surface area (Å²) < 4.78 is 23.7. The molecular formula is C17H23NO3S. The molecule has 1 aliphatic rings. The molecule has 1 aliphatic carbocycles. The maximum absolute atomic E-state index is 11.9. The number of hydrogen-bond donors (Lipinski definition) is 1. The molecule has 2 rings (SSSR count). The highest BCUT2D eigenvalue weighted by Gasteiger charge is 2.15. The van der Waals surface area contributed by atoms with Crippen molar-refractivity contribution in [1.82, 2.24) is 0 Å². The lowest BCUT2D eigenvalue weighted by atomic mass is 9.97. The first kappa shape index (κ1) is 16.7. The molecule has 5 heteroatoms. The van der Waals surface area contributed by atoms with Crippen LogP contribution in [0.1, 0.15) is 49.4 Å². The minimum absolute atomic E-state index is 0.0712. The van der Waals surface area contributed by atoms with E-state index in [1.165, 1.54) is 37.7 Å². The van der Waals surface area contributed by atoms with Gasteiger partial charge in [0.15, 0.2) is 15.6 Å². The summed E-state index contributed by atoms with van der Waals surface area (Å²) in [7, 11) is -3.32. The van der Waals surface area contributed by atoms with Crippen LogP contribution in [0.5, 0.6) is 0 Å². The number of hydrogen-bond acceptors (Lipinski definition) is 4. The number of Topliss-reactive ketones (excluding diaryl/α,β-unsaturated/α-hetero) is 1. The van der Waals surface area contributed by atoms with Gasteiger partial charge in [0, 0.05) is 18.4 Å². The average Bonchev–Trinajstić information content (AvgIpc) is 2.47. The van der Waals surface area contributed by atoms with E-state index >= 15 is 0 Å². The van der Waals surface area contributed by atoms with Crippen molar-refractivity contribution in [3.8, 4) is 0 Å². The Labute approximate surface area is 132 Å². The summed E-state index contributed by atoms with van der Waals surface area (Å²) in [4.78, 5) is 11.7. The molecule has 0 aromatic heterocycles. The Morgan fingerprint density at radius 1 is 1.27 bits per heavy atom. The molecule has 1 aromatic carbocycles. The van der Waals surface area contributed by atoms with E-state index in [9.17, 15) is 13.2 Å². The topological polar surface area (TPSA) is 63.2 Å². The van der Waals surface area contributed by atoms with Crippen molar-refractivity contribution >= 4 is 21.3 Å². The van der Waals surface area contributed by atoms with Crippen LogP contribution >= 0.6 is 0 Å². The molecular weight excluding hydrogens is 298 g/mol. The van der Waals surface area contributed by atoms with Crippen molar-refractivity contribution in [2.24, 2.45) is 0 Å². The number of nitrogens with one attached hydrogen (secondary N) is 1. The number of ketones is 1. The Hall–Kier alpha value is -1.62. The maximum Gasteiger partial charge on any atom is 0.177 e. The maximum atomic E-state index is 11.9. The Morgan fingerprint density at radius 2 is 2.05 bits per heavy atom. The molecule has 1 aromatic rings. The van der Waals surface area contributed by atoms with Crippen LogP contribution < -0.4 is 5.32 Å². The van der Waals surface area contributed by atoms with Gasteiger partial charge in [-0.05, 0) is 57.2 Å². The first-order chi connectivity index (χ1) is 10.4. The second-order valence-corrected chi connectivity index (χ2v) is 7.81. The van der Waals surface area contributed by atoms with E-state index in [1.807, 2.05) is 0 Å². The van der Waals surface area contributed by atoms with Crippen LogP contribution in [0.3, 0.4) is 0 Å². The highest BCUT2D eigenvalue weighted by molar-refractivity contribution is 7.90. The molecule has 22 heavy (non-hydrogen) atoms. The van der Waals surface area contributed by atoms with Gasteiger partial charge in [-0.3, -0.25) is 4.79 Å². The summed E-state index contributed by atoms with van der Waals surface area (Å²) in [6, 6.07) is 4.70. The van der Waals surface area contributed by atoms with Gasteiger partial charge in [-0.15, -0.1) is 0 Å². The third-order valence-corrected chi connectivity index (χ3v) is 5.09. The quantitative estimate of drug-likeness (QED) is 0.642. The highest BCUT2D eigenvalue weighted by atomic mass is 32.2. The van der Waals surface area contributed by atoms with E-state index in [0.717, 1.165) is 19.3 Å². The van der Waals surface area contributed by atoms with Crippen LogP contribution in [0.25, 0.3) is 0 Å². The van der Waals surface area contributed by atoms with Crippen molar-refractivity contribution in [3.63, 3.8) is 0 Å². The molecule has 0 fully saturated rings. The van der Waals surface area contributed by atoms with Crippen molar-refractivity contribution in [3.05, 3.63) is 35.4 Å². The largest absolute Gasteiger partial charge is 0.384 e. The molecule has 0 bridgehead atoms. The van der Waals surface area contributed by atoms with Crippen molar-refractivity contribution < 1.29 is 13.2 Å². The number of sulfone groups is 1. The molecule has 0 saturated heterocycles. The van der Waals surface area contributed by atoms with Gasteiger partial charge < -0.3 is 5.32 Å². The van der Waals surface area contributed by atoms with E-state index in [-0.39, 0.29) is 10.7 Å². The first-order valence-electron chi connectivity index (χ1n) is 7.65. The first-order valence-corrected chi connectivity index (χ1v) is 9.54. The highest BCUT2D eigenvalue weighted by Crippen LogP contribution is 2.24. The third kappa shape index (κ3) is 4.44. The molecule has 0 unspecified atom stereocenters. The number of benzene rings is 1. The molecule has 0 amide bonds. The predicted molar refractivity (Wildman–Crippen MR) is 89.2 cm³/mol. The molecule has 4 nitrogen and oxygen atoms in total. The summed E-state index contributed by atoms with van der Waals surface area (Å²) in [6.07, 6.45) is 9.15. The van der Waals surface area contributed by atoms with Gasteiger partial charge in [-0.2, -0.15) is 0 Å². The zero-order chi connectivity index (χ0) is 16.2. The second-order valence-electron chi connectivity index (χ2n) is 5.82. The van der Waals surface area contributed by atoms with Crippen molar-refractivity contribution in [2.75, 3.05) is 18.1 Å². The summed E-state index contributed by atoms with van der Waals surface area (Å²) in [6.45, 7) is 2.15. The third-order valence-electron chi connectivity index (χ3n) is 3.93. The van der Waals surface area contributed by atoms with Crippen molar-refractivity contribution in [1.29, 1.82) is 0 Å². The SMILES string of the molecule is CC(=O)c1ccc(S(C)(=O)=O)c(NCCC2=CCCCC2)c1. The van der Waals surface area contributed by atoms with Gasteiger partial charge in [0.25, 0.3) is 0 Å². The van der Waals surface area contributed by atoms with Crippen LogP contribution in [0, 0.1) is 0 Å². The molecule has 0 saturated carbocycles. The Kier molecular flexibility index (Phi) is 5.40. The van der Waals surface area contributed by atoms with Gasteiger partial charge in [-0.1, -0.05) is 11.6 Å². The molecule has 0 radical (unpaired) electrons. The summed E-state index contributed by atoms with van der Waals surface area (Å²) in [5, 5.41) is 3.19. The molecule has 120 valence electrons. The molecule has 0 atom stereocenters. The van der Waals surface area contributed by atoms with Crippen LogP contribution in [-0.2, 0) is 9.84 Å². The van der Waals surface area contributed by atoms with Gasteiger partial charge in [0.2, 0.25) is 0 Å². The molecule has 0 aliphatic heterocycles.